The van der Waals surface area contributed by atoms with Crippen molar-refractivity contribution >= 4 is 28.3 Å². The Bertz CT molecular complexity index is 1290. The normalized spacial score (nSPS) is 14.5. The number of nitrogens with zero attached hydrogens (tertiary/aromatic N) is 3. The molecule has 2 aromatic heterocycles. The number of nitrogens with one attached hydrogen (secondary N) is 1. The fourth-order valence-electron chi connectivity index (χ4n) is 4.42. The van der Waals surface area contributed by atoms with Crippen LogP contribution in [0.1, 0.15) is 35.7 Å². The molecule has 0 aliphatic carbocycles. The smallest absolute Gasteiger partial charge is 0.227 e. The van der Waals surface area contributed by atoms with Gasteiger partial charge in [0.2, 0.25) is 5.91 Å². The number of carbonyl (C=O) groups is 1. The van der Waals surface area contributed by atoms with Crippen LogP contribution in [0.2, 0.25) is 0 Å². The minimum atomic E-state index is -0.218. The molecule has 0 spiro atoms. The van der Waals surface area contributed by atoms with Gasteiger partial charge in [-0.15, -0.1) is 0 Å². The fourth-order valence-corrected chi connectivity index (χ4v) is 4.42. The Kier molecular flexibility index (Phi) is 5.65. The summed E-state index contributed by atoms with van der Waals surface area (Å²) >= 11 is 0. The van der Waals surface area contributed by atoms with Crippen molar-refractivity contribution < 1.29 is 9.53 Å². The fraction of sp³-hybridized carbons (Fsp3) is 0.222. The first-order chi connectivity index (χ1) is 16.1. The predicted molar refractivity (Wildman–Crippen MR) is 131 cm³/mol. The second-order valence-corrected chi connectivity index (χ2v) is 8.25. The Morgan fingerprint density at radius 1 is 1.03 bits per heavy atom. The average Bonchev–Trinajstić information content (AvgIpc) is 3.28. The molecule has 33 heavy (non-hydrogen) atoms. The third-order valence-corrected chi connectivity index (χ3v) is 6.07. The van der Waals surface area contributed by atoms with Gasteiger partial charge in [-0.2, -0.15) is 0 Å². The second kappa shape index (κ2) is 8.90. The largest absolute Gasteiger partial charge is 0.494 e. The molecular formula is C27H26N4O2. The number of anilines is 2. The summed E-state index contributed by atoms with van der Waals surface area (Å²) in [4.78, 5) is 23.3. The molecule has 5 rings (SSSR count). The Labute approximate surface area is 193 Å². The van der Waals surface area contributed by atoms with Gasteiger partial charge in [-0.3, -0.25) is 4.79 Å². The molecule has 6 nitrogen and oxygen atoms in total. The number of ether oxygens (including phenoxy) is 1. The lowest BCUT2D eigenvalue weighted by Crippen LogP contribution is -2.23. The second-order valence-electron chi connectivity index (χ2n) is 8.25. The molecule has 1 N–H and O–H groups in total. The van der Waals surface area contributed by atoms with Crippen LogP contribution in [0, 0.1) is 6.92 Å². The van der Waals surface area contributed by atoms with E-state index in [1.54, 1.807) is 13.3 Å². The van der Waals surface area contributed by atoms with Crippen LogP contribution >= 0.6 is 0 Å². The number of fused-ring (bicyclic) bond motifs is 1. The molecule has 166 valence electrons. The van der Waals surface area contributed by atoms with Crippen molar-refractivity contribution in [1.82, 2.24) is 9.97 Å². The monoisotopic (exact) mass is 438 g/mol. The summed E-state index contributed by atoms with van der Waals surface area (Å²) in [5, 5.41) is 4.59. The van der Waals surface area contributed by atoms with Gasteiger partial charge in [0.25, 0.3) is 0 Å². The van der Waals surface area contributed by atoms with E-state index >= 15 is 0 Å². The van der Waals surface area contributed by atoms with Gasteiger partial charge in [-0.25, -0.2) is 9.97 Å². The zero-order valence-electron chi connectivity index (χ0n) is 18.8. The summed E-state index contributed by atoms with van der Waals surface area (Å²) in [7, 11) is 1.68. The van der Waals surface area contributed by atoms with Crippen LogP contribution in [0.5, 0.6) is 5.75 Å². The topological polar surface area (TPSA) is 67.3 Å². The van der Waals surface area contributed by atoms with Crippen molar-refractivity contribution in [3.63, 3.8) is 0 Å². The van der Waals surface area contributed by atoms with Crippen LogP contribution in [0.4, 0.5) is 11.5 Å². The minimum absolute atomic E-state index is 0.184. The predicted octanol–water partition coefficient (Wildman–Crippen LogP) is 5.28. The van der Waals surface area contributed by atoms with Gasteiger partial charge < -0.3 is 15.0 Å². The maximum absolute atomic E-state index is 12.2. The number of hydrogen-bond acceptors (Lipinski definition) is 5. The lowest BCUT2D eigenvalue weighted by atomic mass is 9.95. The molecule has 1 fully saturated rings. The molecule has 1 aliphatic rings. The summed E-state index contributed by atoms with van der Waals surface area (Å²) in [5.41, 5.74) is 4.72. The maximum atomic E-state index is 12.2. The molecule has 6 heteroatoms. The first-order valence-corrected chi connectivity index (χ1v) is 11.2. The first-order valence-electron chi connectivity index (χ1n) is 11.2. The van der Waals surface area contributed by atoms with Crippen LogP contribution in [-0.2, 0) is 4.79 Å². The standard InChI is InChI=1S/C27H26N4O2/c1-18-8-9-20-12-15-22(27(33-2)26(20)29-18)25(30-23-6-3-4-16-28-23)19-10-13-21(14-11-19)31-17-5-7-24(31)32/h3-4,6,8-16,25H,5,7,17H2,1-2H3,(H,28,30). The molecule has 1 unspecified atom stereocenters. The van der Waals surface area contributed by atoms with Crippen molar-refractivity contribution in [1.29, 1.82) is 0 Å². The average molecular weight is 439 g/mol. The quantitative estimate of drug-likeness (QED) is 0.444. The SMILES string of the molecule is COc1c(C(Nc2ccccn2)c2ccc(N3CCCC3=O)cc2)ccc2ccc(C)nc12. The lowest BCUT2D eigenvalue weighted by Gasteiger charge is -2.24. The third kappa shape index (κ3) is 4.12. The van der Waals surface area contributed by atoms with E-state index in [2.05, 4.69) is 40.6 Å². The van der Waals surface area contributed by atoms with E-state index in [9.17, 15) is 4.79 Å². The van der Waals surface area contributed by atoms with E-state index < -0.39 is 0 Å². The van der Waals surface area contributed by atoms with Gasteiger partial charge in [-0.1, -0.05) is 36.4 Å². The Balaban J connectivity index is 1.60. The van der Waals surface area contributed by atoms with E-state index in [0.29, 0.717) is 6.42 Å². The van der Waals surface area contributed by atoms with Gasteiger partial charge in [0.1, 0.15) is 11.3 Å². The third-order valence-electron chi connectivity index (χ3n) is 6.07. The molecule has 3 heterocycles. The zero-order valence-corrected chi connectivity index (χ0v) is 18.8. The molecular weight excluding hydrogens is 412 g/mol. The van der Waals surface area contributed by atoms with E-state index in [-0.39, 0.29) is 11.9 Å². The number of hydrogen-bond donors (Lipinski definition) is 1. The lowest BCUT2D eigenvalue weighted by molar-refractivity contribution is -0.117. The summed E-state index contributed by atoms with van der Waals surface area (Å²) in [6.07, 6.45) is 3.29. The van der Waals surface area contributed by atoms with E-state index in [0.717, 1.165) is 57.9 Å². The molecule has 0 radical (unpaired) electrons. The molecule has 1 aliphatic heterocycles. The van der Waals surface area contributed by atoms with Gasteiger partial charge in [0.05, 0.1) is 13.2 Å². The van der Waals surface area contributed by atoms with Crippen LogP contribution < -0.4 is 15.0 Å². The molecule has 0 bridgehead atoms. The number of rotatable bonds is 6. The van der Waals surface area contributed by atoms with Crippen LogP contribution in [0.15, 0.2) is 72.9 Å². The molecule has 1 saturated heterocycles. The number of methoxy groups -OCH3 is 1. The van der Waals surface area contributed by atoms with Crippen molar-refractivity contribution in [2.24, 2.45) is 0 Å². The maximum Gasteiger partial charge on any atom is 0.227 e. The highest BCUT2D eigenvalue weighted by atomic mass is 16.5. The van der Waals surface area contributed by atoms with Gasteiger partial charge in [0.15, 0.2) is 5.75 Å². The number of pyridine rings is 2. The molecule has 2 aromatic carbocycles. The molecule has 0 saturated carbocycles. The van der Waals surface area contributed by atoms with E-state index in [1.807, 2.05) is 48.2 Å². The highest BCUT2D eigenvalue weighted by Gasteiger charge is 2.24. The summed E-state index contributed by atoms with van der Waals surface area (Å²) in [6.45, 7) is 2.75. The first kappa shape index (κ1) is 20.9. The number of carbonyl (C=O) groups excluding carboxylic acids is 1. The van der Waals surface area contributed by atoms with Crippen molar-refractivity contribution in [2.45, 2.75) is 25.8 Å². The summed E-state index contributed by atoms with van der Waals surface area (Å²) < 4.78 is 5.90. The van der Waals surface area contributed by atoms with Gasteiger partial charge >= 0.3 is 0 Å². The minimum Gasteiger partial charge on any atom is -0.494 e. The zero-order chi connectivity index (χ0) is 22.8. The van der Waals surface area contributed by atoms with Crippen molar-refractivity contribution in [3.8, 4) is 5.75 Å². The van der Waals surface area contributed by atoms with E-state index in [4.69, 9.17) is 9.72 Å². The van der Waals surface area contributed by atoms with Crippen LogP contribution in [0.25, 0.3) is 10.9 Å². The number of aromatic nitrogens is 2. The summed E-state index contributed by atoms with van der Waals surface area (Å²) in [6, 6.07) is 22.0. The molecule has 1 atom stereocenters. The van der Waals surface area contributed by atoms with Gasteiger partial charge in [0, 0.05) is 41.5 Å². The van der Waals surface area contributed by atoms with E-state index in [1.165, 1.54) is 0 Å². The number of aryl methyl sites for hydroxylation is 1. The van der Waals surface area contributed by atoms with Gasteiger partial charge in [-0.05, 0) is 49.2 Å². The Hall–Kier alpha value is -3.93. The number of benzene rings is 2. The Morgan fingerprint density at radius 2 is 1.85 bits per heavy atom. The Morgan fingerprint density at radius 3 is 2.55 bits per heavy atom. The highest BCUT2D eigenvalue weighted by Crippen LogP contribution is 2.37. The molecule has 1 amide bonds. The van der Waals surface area contributed by atoms with Crippen molar-refractivity contribution in [3.05, 3.63) is 89.7 Å². The van der Waals surface area contributed by atoms with Crippen LogP contribution in [0.3, 0.4) is 0 Å². The highest BCUT2D eigenvalue weighted by molar-refractivity contribution is 5.95. The number of amides is 1. The molecule has 4 aromatic rings. The van der Waals surface area contributed by atoms with Crippen LogP contribution in [-0.4, -0.2) is 29.5 Å². The summed E-state index contributed by atoms with van der Waals surface area (Å²) in [5.74, 6) is 1.69. The van der Waals surface area contributed by atoms with Crippen molar-refractivity contribution in [2.75, 3.05) is 23.9 Å².